The highest BCUT2D eigenvalue weighted by Gasteiger charge is 2.92. The second kappa shape index (κ2) is 4.45. The predicted molar refractivity (Wildman–Crippen MR) is 61.8 cm³/mol. The lowest BCUT2D eigenvalue weighted by Crippen LogP contribution is -2.22. The lowest BCUT2D eigenvalue weighted by molar-refractivity contribution is -0.161. The van der Waals surface area contributed by atoms with Crippen molar-refractivity contribution in [2.24, 2.45) is 0 Å². The highest BCUT2D eigenvalue weighted by Crippen LogP contribution is 2.71. The van der Waals surface area contributed by atoms with E-state index >= 15 is 0 Å². The third-order valence-corrected chi connectivity index (χ3v) is 3.99. The first-order chi connectivity index (χ1) is 9.09. The van der Waals surface area contributed by atoms with E-state index in [0.717, 1.165) is 25.7 Å². The summed E-state index contributed by atoms with van der Waals surface area (Å²) in [6.45, 7) is 0. The molecule has 1 aliphatic carbocycles. The number of carbonyl (C=O) groups is 2. The Labute approximate surface area is 111 Å². The zero-order chi connectivity index (χ0) is 13.5. The first-order valence-corrected chi connectivity index (χ1v) is 6.76. The van der Waals surface area contributed by atoms with E-state index in [2.05, 4.69) is 4.74 Å². The minimum absolute atomic E-state index is 0.0280. The van der Waals surface area contributed by atoms with Gasteiger partial charge in [-0.1, -0.05) is 6.42 Å². The van der Waals surface area contributed by atoms with E-state index in [1.165, 1.54) is 13.5 Å². The second-order valence-corrected chi connectivity index (χ2v) is 5.39. The highest BCUT2D eigenvalue weighted by molar-refractivity contribution is 5.75. The van der Waals surface area contributed by atoms with Gasteiger partial charge in [0, 0.05) is 0 Å². The molecule has 6 heteroatoms. The number of fused-ring (bicyclic) bond motifs is 1. The summed E-state index contributed by atoms with van der Waals surface area (Å²) in [6, 6.07) is 0. The Balaban J connectivity index is 1.44. The number of hydrogen-bond acceptors (Lipinski definition) is 6. The number of ether oxygens (including phenoxy) is 4. The molecule has 0 aromatic carbocycles. The monoisotopic (exact) mass is 270 g/mol. The van der Waals surface area contributed by atoms with E-state index in [0.29, 0.717) is 0 Å². The lowest BCUT2D eigenvalue weighted by atomic mass is 9.98. The summed E-state index contributed by atoms with van der Waals surface area (Å²) in [6.07, 6.45) is 5.43. The predicted octanol–water partition coefficient (Wildman–Crippen LogP) is 1.27. The van der Waals surface area contributed by atoms with Gasteiger partial charge in [0.2, 0.25) is 11.6 Å². The molecule has 3 aliphatic rings. The van der Waals surface area contributed by atoms with Gasteiger partial charge in [0.1, 0.15) is 18.9 Å². The summed E-state index contributed by atoms with van der Waals surface area (Å²) >= 11 is 0. The van der Waals surface area contributed by atoms with E-state index in [-0.39, 0.29) is 24.9 Å². The summed E-state index contributed by atoms with van der Waals surface area (Å²) in [5.74, 6) is -2.53. The van der Waals surface area contributed by atoms with Crippen molar-refractivity contribution < 1.29 is 28.5 Å². The van der Waals surface area contributed by atoms with E-state index in [4.69, 9.17) is 14.2 Å². The van der Waals surface area contributed by atoms with Gasteiger partial charge in [0.25, 0.3) is 0 Å². The maximum absolute atomic E-state index is 11.8. The first-order valence-electron chi connectivity index (χ1n) is 6.76. The zero-order valence-electron chi connectivity index (χ0n) is 11.0. The van der Waals surface area contributed by atoms with Crippen molar-refractivity contribution in [1.82, 2.24) is 0 Å². The molecule has 0 spiro atoms. The van der Waals surface area contributed by atoms with Gasteiger partial charge in [0.15, 0.2) is 0 Å². The molecule has 2 saturated heterocycles. The summed E-state index contributed by atoms with van der Waals surface area (Å²) in [5.41, 5.74) is 0. The molecule has 0 aromatic rings. The van der Waals surface area contributed by atoms with Crippen LogP contribution < -0.4 is 0 Å². The fraction of sp³-hybridized carbons (Fsp3) is 0.846. The van der Waals surface area contributed by atoms with Gasteiger partial charge < -0.3 is 18.9 Å². The normalized spacial score (nSPS) is 36.3. The van der Waals surface area contributed by atoms with Gasteiger partial charge in [0.05, 0.1) is 7.11 Å². The number of carbonyl (C=O) groups excluding carboxylic acids is 2. The number of epoxide rings is 2. The Morgan fingerprint density at radius 3 is 2.21 bits per heavy atom. The van der Waals surface area contributed by atoms with Crippen molar-refractivity contribution in [2.75, 3.05) is 7.11 Å². The molecule has 3 fully saturated rings. The molecule has 0 N–H and O–H groups in total. The Morgan fingerprint density at radius 2 is 1.63 bits per heavy atom. The van der Waals surface area contributed by atoms with Crippen molar-refractivity contribution in [2.45, 2.75) is 62.6 Å². The minimum atomic E-state index is -0.911. The Bertz CT molecular complexity index is 392. The van der Waals surface area contributed by atoms with Crippen LogP contribution in [0.3, 0.4) is 0 Å². The highest BCUT2D eigenvalue weighted by atomic mass is 17.0. The summed E-state index contributed by atoms with van der Waals surface area (Å²) in [4.78, 5) is 22.9. The fourth-order valence-electron chi connectivity index (χ4n) is 2.77. The van der Waals surface area contributed by atoms with Crippen molar-refractivity contribution >= 4 is 11.9 Å². The Morgan fingerprint density at radius 1 is 1.05 bits per heavy atom. The molecule has 0 amide bonds. The minimum Gasteiger partial charge on any atom is -0.469 e. The molecule has 3 rings (SSSR count). The van der Waals surface area contributed by atoms with Crippen LogP contribution in [0.25, 0.3) is 0 Å². The molecule has 0 bridgehead atoms. The smallest absolute Gasteiger partial charge is 0.311 e. The summed E-state index contributed by atoms with van der Waals surface area (Å²) in [5, 5.41) is 0. The van der Waals surface area contributed by atoms with E-state index in [1.54, 1.807) is 0 Å². The molecule has 19 heavy (non-hydrogen) atoms. The van der Waals surface area contributed by atoms with Crippen LogP contribution in [0.4, 0.5) is 0 Å². The van der Waals surface area contributed by atoms with Gasteiger partial charge >= 0.3 is 11.9 Å². The molecule has 6 nitrogen and oxygen atoms in total. The van der Waals surface area contributed by atoms with Gasteiger partial charge in [-0.15, -0.1) is 0 Å². The molecular formula is C13H18O6. The molecule has 0 aromatic heterocycles. The second-order valence-electron chi connectivity index (χ2n) is 5.39. The molecule has 2 aliphatic heterocycles. The molecule has 106 valence electrons. The van der Waals surface area contributed by atoms with Crippen LogP contribution in [0.5, 0.6) is 0 Å². The average molecular weight is 270 g/mol. The van der Waals surface area contributed by atoms with Crippen molar-refractivity contribution in [3.8, 4) is 0 Å². The number of methoxy groups -OCH3 is 1. The quantitative estimate of drug-likeness (QED) is 0.553. The van der Waals surface area contributed by atoms with Gasteiger partial charge in [-0.05, 0) is 25.7 Å². The van der Waals surface area contributed by atoms with Gasteiger partial charge in [-0.2, -0.15) is 0 Å². The van der Waals surface area contributed by atoms with E-state index in [1.807, 2.05) is 0 Å². The van der Waals surface area contributed by atoms with Crippen molar-refractivity contribution in [3.05, 3.63) is 0 Å². The van der Waals surface area contributed by atoms with E-state index < -0.39 is 17.5 Å². The molecule has 1 saturated carbocycles. The number of rotatable bonds is 5. The maximum atomic E-state index is 11.8. The largest absolute Gasteiger partial charge is 0.469 e. The van der Waals surface area contributed by atoms with Crippen LogP contribution in [0, 0.1) is 0 Å². The lowest BCUT2D eigenvalue weighted by Gasteiger charge is -2.21. The molecule has 0 atom stereocenters. The average Bonchev–Trinajstić information content (AvgIpc) is 3.15. The SMILES string of the molecule is COC(=O)CC12OC1(CC(=O)OC1CCCCC1)O2. The molecule has 0 radical (unpaired) electrons. The van der Waals surface area contributed by atoms with Crippen LogP contribution in [0.1, 0.15) is 44.9 Å². The van der Waals surface area contributed by atoms with Gasteiger partial charge in [-0.25, -0.2) is 0 Å². The van der Waals surface area contributed by atoms with Crippen LogP contribution in [-0.4, -0.2) is 36.7 Å². The summed E-state index contributed by atoms with van der Waals surface area (Å²) < 4.78 is 20.5. The third kappa shape index (κ3) is 2.34. The Kier molecular flexibility index (Phi) is 3.02. The fourth-order valence-corrected chi connectivity index (χ4v) is 2.77. The zero-order valence-corrected chi connectivity index (χ0v) is 11.0. The van der Waals surface area contributed by atoms with Crippen LogP contribution >= 0.6 is 0 Å². The first kappa shape index (κ1) is 12.9. The summed E-state index contributed by atoms with van der Waals surface area (Å²) in [7, 11) is 1.31. The van der Waals surface area contributed by atoms with Gasteiger partial charge in [-0.3, -0.25) is 9.59 Å². The van der Waals surface area contributed by atoms with Crippen LogP contribution in [0.2, 0.25) is 0 Å². The van der Waals surface area contributed by atoms with Crippen molar-refractivity contribution in [1.29, 1.82) is 0 Å². The van der Waals surface area contributed by atoms with Crippen molar-refractivity contribution in [3.63, 3.8) is 0 Å². The number of esters is 2. The Hall–Kier alpha value is -1.14. The molecular weight excluding hydrogens is 252 g/mol. The van der Waals surface area contributed by atoms with Crippen LogP contribution in [-0.2, 0) is 28.5 Å². The number of hydrogen-bond donors (Lipinski definition) is 0. The standard InChI is InChI=1S/C13H18O6/c1-16-10(14)7-12-13(18-12,19-12)8-11(15)17-9-5-3-2-4-6-9/h9H,2-8H2,1H3. The molecule has 0 unspecified atom stereocenters. The van der Waals surface area contributed by atoms with Crippen LogP contribution in [0.15, 0.2) is 0 Å². The molecule has 2 heterocycles. The third-order valence-electron chi connectivity index (χ3n) is 3.99. The topological polar surface area (TPSA) is 77.7 Å². The maximum Gasteiger partial charge on any atom is 0.311 e. The van der Waals surface area contributed by atoms with E-state index in [9.17, 15) is 9.59 Å².